The molecule has 3 aromatic heterocycles. The van der Waals surface area contributed by atoms with E-state index in [4.69, 9.17) is 4.74 Å². The highest BCUT2D eigenvalue weighted by molar-refractivity contribution is 7.10. The fourth-order valence-corrected chi connectivity index (χ4v) is 3.41. The van der Waals surface area contributed by atoms with Crippen LogP contribution in [0.2, 0.25) is 0 Å². The van der Waals surface area contributed by atoms with Crippen LogP contribution in [-0.4, -0.2) is 15.8 Å². The molecule has 3 aromatic rings. The number of allylic oxidation sites excluding steroid dienone is 1. The highest BCUT2D eigenvalue weighted by atomic mass is 32.1. The molecule has 1 aliphatic rings. The zero-order valence-corrected chi connectivity index (χ0v) is 13.8. The lowest BCUT2D eigenvalue weighted by molar-refractivity contribution is -0.112. The van der Waals surface area contributed by atoms with Crippen LogP contribution in [0.25, 0.3) is 17.1 Å². The molecule has 6 heteroatoms. The molecule has 24 heavy (non-hydrogen) atoms. The number of ether oxygens (including phenoxy) is 1. The molecular formula is C18H15N3O2S. The Morgan fingerprint density at radius 1 is 1.42 bits per heavy atom. The van der Waals surface area contributed by atoms with Crippen LogP contribution >= 0.6 is 11.3 Å². The average molecular weight is 337 g/mol. The van der Waals surface area contributed by atoms with Gasteiger partial charge in [-0.25, -0.2) is 4.98 Å². The van der Waals surface area contributed by atoms with Gasteiger partial charge >= 0.3 is 0 Å². The maximum atomic E-state index is 12.1. The Balaban J connectivity index is 1.50. The number of pyridine rings is 1. The van der Waals surface area contributed by atoms with Gasteiger partial charge in [0.05, 0.1) is 6.54 Å². The lowest BCUT2D eigenvalue weighted by Gasteiger charge is -2.07. The van der Waals surface area contributed by atoms with E-state index in [1.165, 1.54) is 16.5 Å². The number of rotatable bonds is 4. The van der Waals surface area contributed by atoms with Gasteiger partial charge in [0, 0.05) is 34.3 Å². The lowest BCUT2D eigenvalue weighted by Crippen LogP contribution is -2.12. The number of nitrogens with zero attached hydrogens (tertiary/aromatic N) is 1. The van der Waals surface area contributed by atoms with Crippen LogP contribution in [0, 0.1) is 6.92 Å². The van der Waals surface area contributed by atoms with E-state index in [0.717, 1.165) is 16.6 Å². The summed E-state index contributed by atoms with van der Waals surface area (Å²) in [5.41, 5.74) is 2.90. The average Bonchev–Trinajstić information content (AvgIpc) is 3.27. The summed E-state index contributed by atoms with van der Waals surface area (Å²) in [6.45, 7) is 2.71. The van der Waals surface area contributed by atoms with Gasteiger partial charge in [-0.1, -0.05) is 0 Å². The first kappa shape index (κ1) is 14.7. The minimum atomic E-state index is -0.140. The van der Waals surface area contributed by atoms with Crippen molar-refractivity contribution >= 4 is 34.2 Å². The molecule has 0 saturated heterocycles. The molecule has 0 amide bonds. The molecule has 0 bridgehead atoms. The van der Waals surface area contributed by atoms with Gasteiger partial charge in [-0.05, 0) is 42.1 Å². The van der Waals surface area contributed by atoms with Crippen LogP contribution in [0.4, 0.5) is 0 Å². The summed E-state index contributed by atoms with van der Waals surface area (Å²) in [4.78, 5) is 20.7. The number of aromatic amines is 1. The number of carbonyl (C=O) groups is 1. The minimum Gasteiger partial charge on any atom is -0.437 e. The van der Waals surface area contributed by atoms with Gasteiger partial charge in [0.2, 0.25) is 5.78 Å². The third kappa shape index (κ3) is 2.72. The number of hydrogen-bond acceptors (Lipinski definition) is 5. The summed E-state index contributed by atoms with van der Waals surface area (Å²) in [6.07, 6.45) is 6.77. The van der Waals surface area contributed by atoms with Crippen LogP contribution in [0.5, 0.6) is 0 Å². The number of thiophene rings is 1. The Hall–Kier alpha value is -2.86. The lowest BCUT2D eigenvalue weighted by atomic mass is 10.2. The van der Waals surface area contributed by atoms with Crippen LogP contribution < -0.4 is 5.32 Å². The van der Waals surface area contributed by atoms with Gasteiger partial charge < -0.3 is 15.0 Å². The molecule has 5 nitrogen and oxygen atoms in total. The predicted octanol–water partition coefficient (Wildman–Crippen LogP) is 3.50. The summed E-state index contributed by atoms with van der Waals surface area (Å²) in [7, 11) is 0. The van der Waals surface area contributed by atoms with E-state index in [2.05, 4.69) is 33.7 Å². The quantitative estimate of drug-likeness (QED) is 0.715. The monoisotopic (exact) mass is 337 g/mol. The summed E-state index contributed by atoms with van der Waals surface area (Å²) in [5, 5.41) is 6.18. The van der Waals surface area contributed by atoms with Gasteiger partial charge in [0.25, 0.3) is 0 Å². The zero-order valence-electron chi connectivity index (χ0n) is 13.0. The molecule has 2 N–H and O–H groups in total. The molecule has 0 atom stereocenters. The number of carbonyl (C=O) groups excluding carboxylic acids is 1. The first-order valence-corrected chi connectivity index (χ1v) is 8.43. The first-order valence-electron chi connectivity index (χ1n) is 7.55. The molecule has 1 aliphatic heterocycles. The molecule has 4 rings (SSSR count). The van der Waals surface area contributed by atoms with Crippen LogP contribution in [0.1, 0.15) is 16.0 Å². The van der Waals surface area contributed by atoms with E-state index < -0.39 is 0 Å². The second kappa shape index (κ2) is 5.98. The smallest absolute Gasteiger partial charge is 0.226 e. The van der Waals surface area contributed by atoms with E-state index in [-0.39, 0.29) is 5.78 Å². The van der Waals surface area contributed by atoms with E-state index in [1.54, 1.807) is 23.6 Å². The van der Waals surface area contributed by atoms with Crippen molar-refractivity contribution in [3.05, 3.63) is 69.7 Å². The summed E-state index contributed by atoms with van der Waals surface area (Å²) in [5.74, 6) is 0.654. The number of H-pyrrole nitrogens is 1. The molecule has 120 valence electrons. The normalized spacial score (nSPS) is 15.8. The van der Waals surface area contributed by atoms with Gasteiger partial charge in [0.1, 0.15) is 5.65 Å². The minimum absolute atomic E-state index is 0.140. The molecule has 0 spiro atoms. The SMILES string of the molecule is Cc1ccsc1CNC1=CC(=O)C(=Cc2c[nH]c3ncccc23)O1. The number of ketones is 1. The van der Waals surface area contributed by atoms with Crippen molar-refractivity contribution in [1.29, 1.82) is 0 Å². The van der Waals surface area contributed by atoms with Crippen LogP contribution in [0.15, 0.2) is 53.7 Å². The second-order valence-corrected chi connectivity index (χ2v) is 6.51. The van der Waals surface area contributed by atoms with Gasteiger partial charge in [-0.15, -0.1) is 11.3 Å². The van der Waals surface area contributed by atoms with Crippen molar-refractivity contribution in [3.8, 4) is 0 Å². The molecular weight excluding hydrogens is 322 g/mol. The fourth-order valence-electron chi connectivity index (χ4n) is 2.57. The van der Waals surface area contributed by atoms with Gasteiger partial charge in [-0.3, -0.25) is 4.79 Å². The summed E-state index contributed by atoms with van der Waals surface area (Å²) in [6, 6.07) is 5.90. The third-order valence-corrected chi connectivity index (χ3v) is 4.91. The number of fused-ring (bicyclic) bond motifs is 1. The number of aryl methyl sites for hydroxylation is 1. The third-order valence-electron chi connectivity index (χ3n) is 3.89. The Bertz CT molecular complexity index is 981. The van der Waals surface area contributed by atoms with Crippen molar-refractivity contribution in [3.63, 3.8) is 0 Å². The molecule has 0 aromatic carbocycles. The van der Waals surface area contributed by atoms with Crippen molar-refractivity contribution in [2.75, 3.05) is 0 Å². The van der Waals surface area contributed by atoms with Gasteiger partial charge in [0.15, 0.2) is 11.6 Å². The Morgan fingerprint density at radius 3 is 3.17 bits per heavy atom. The van der Waals surface area contributed by atoms with E-state index >= 15 is 0 Å². The van der Waals surface area contributed by atoms with E-state index in [0.29, 0.717) is 18.2 Å². The van der Waals surface area contributed by atoms with Crippen molar-refractivity contribution < 1.29 is 9.53 Å². The molecule has 0 radical (unpaired) electrons. The zero-order chi connectivity index (χ0) is 16.5. The van der Waals surface area contributed by atoms with E-state index in [1.807, 2.05) is 18.3 Å². The molecule has 0 fully saturated rings. The van der Waals surface area contributed by atoms with Crippen LogP contribution in [-0.2, 0) is 16.1 Å². The maximum absolute atomic E-state index is 12.1. The molecule has 0 aliphatic carbocycles. The number of hydrogen-bond donors (Lipinski definition) is 2. The van der Waals surface area contributed by atoms with Crippen LogP contribution in [0.3, 0.4) is 0 Å². The molecule has 0 saturated carbocycles. The van der Waals surface area contributed by atoms with Crippen molar-refractivity contribution in [2.45, 2.75) is 13.5 Å². The maximum Gasteiger partial charge on any atom is 0.226 e. The Morgan fingerprint density at radius 2 is 2.33 bits per heavy atom. The largest absolute Gasteiger partial charge is 0.437 e. The second-order valence-electron chi connectivity index (χ2n) is 5.51. The van der Waals surface area contributed by atoms with Crippen molar-refractivity contribution in [1.82, 2.24) is 15.3 Å². The Kier molecular flexibility index (Phi) is 3.66. The summed E-state index contributed by atoms with van der Waals surface area (Å²) >= 11 is 1.68. The molecule has 4 heterocycles. The Labute approximate surface area is 142 Å². The highest BCUT2D eigenvalue weighted by Crippen LogP contribution is 2.24. The topological polar surface area (TPSA) is 67.0 Å². The van der Waals surface area contributed by atoms with Gasteiger partial charge in [-0.2, -0.15) is 0 Å². The first-order chi connectivity index (χ1) is 11.7. The fraction of sp³-hybridized carbons (Fsp3) is 0.111. The highest BCUT2D eigenvalue weighted by Gasteiger charge is 2.21. The van der Waals surface area contributed by atoms with Crippen molar-refractivity contribution in [2.24, 2.45) is 0 Å². The number of aromatic nitrogens is 2. The molecule has 0 unspecified atom stereocenters. The number of nitrogens with one attached hydrogen (secondary N) is 2. The standard InChI is InChI=1S/C18H15N3O2S/c1-11-4-6-24-16(11)10-20-17-8-14(22)15(23-17)7-12-9-21-18-13(12)3-2-5-19-18/h2-9,20H,10H2,1H3,(H,19,21). The predicted molar refractivity (Wildman–Crippen MR) is 94.1 cm³/mol. The van der Waals surface area contributed by atoms with E-state index in [9.17, 15) is 4.79 Å². The summed E-state index contributed by atoms with van der Waals surface area (Å²) < 4.78 is 5.67.